The first-order valence-corrected chi connectivity index (χ1v) is 6.44. The molecule has 7 heteroatoms. The van der Waals surface area contributed by atoms with Gasteiger partial charge >= 0.3 is 0 Å². The van der Waals surface area contributed by atoms with Crippen LogP contribution in [0.1, 0.15) is 6.92 Å². The van der Waals surface area contributed by atoms with Gasteiger partial charge in [0.15, 0.2) is 0 Å². The number of rotatable bonds is 4. The molecule has 0 fully saturated rings. The van der Waals surface area contributed by atoms with E-state index in [0.29, 0.717) is 5.95 Å². The summed E-state index contributed by atoms with van der Waals surface area (Å²) in [5.74, 6) is 0.521. The van der Waals surface area contributed by atoms with Crippen LogP contribution < -0.4 is 11.1 Å². The second kappa shape index (κ2) is 4.84. The molecule has 0 saturated carbocycles. The number of aryl methyl sites for hydroxylation is 1. The highest BCUT2D eigenvalue weighted by Crippen LogP contribution is 2.21. The molecule has 7 nitrogen and oxygen atoms in total. The molecule has 0 radical (unpaired) electrons. The summed E-state index contributed by atoms with van der Waals surface area (Å²) in [7, 11) is 1.91. The van der Waals surface area contributed by atoms with Gasteiger partial charge in [0, 0.05) is 18.8 Å². The van der Waals surface area contributed by atoms with E-state index in [1.807, 2.05) is 29.8 Å². The summed E-state index contributed by atoms with van der Waals surface area (Å²) in [5, 5.41) is 7.52. The highest BCUT2D eigenvalue weighted by Gasteiger charge is 2.08. The van der Waals surface area contributed by atoms with Crippen LogP contribution in [0, 0.1) is 0 Å². The first kappa shape index (κ1) is 12.5. The summed E-state index contributed by atoms with van der Waals surface area (Å²) in [6.45, 7) is 2.85. The van der Waals surface area contributed by atoms with Crippen molar-refractivity contribution in [2.45, 2.75) is 19.5 Å². The van der Waals surface area contributed by atoms with Gasteiger partial charge in [0.25, 0.3) is 0 Å². The molecule has 3 N–H and O–H groups in total. The molecule has 0 spiro atoms. The maximum atomic E-state index is 5.81. The van der Waals surface area contributed by atoms with Crippen molar-refractivity contribution in [2.75, 3.05) is 11.1 Å². The number of benzene rings is 1. The van der Waals surface area contributed by atoms with Crippen molar-refractivity contribution in [1.82, 2.24) is 24.3 Å². The van der Waals surface area contributed by atoms with E-state index in [-0.39, 0.29) is 6.04 Å². The largest absolute Gasteiger partial charge is 0.381 e. The SMILES string of the molecule is CC(Cn1cncn1)Nc1ccc2c(c1)nc(N)n2C. The Balaban J connectivity index is 1.77. The zero-order valence-electron chi connectivity index (χ0n) is 11.5. The number of nitrogens with two attached hydrogens (primary N) is 1. The summed E-state index contributed by atoms with van der Waals surface area (Å²) in [6.07, 6.45) is 3.25. The van der Waals surface area contributed by atoms with Crippen LogP contribution in [0.5, 0.6) is 0 Å². The predicted molar refractivity (Wildman–Crippen MR) is 78.2 cm³/mol. The third-order valence-electron chi connectivity index (χ3n) is 3.26. The standard InChI is InChI=1S/C13H17N7/c1-9(6-20-8-15-7-16-20)17-10-3-4-12-11(5-10)18-13(14)19(12)2/h3-5,7-9,17H,6H2,1-2H3,(H2,14,18). The van der Waals surface area contributed by atoms with E-state index in [0.717, 1.165) is 23.3 Å². The number of anilines is 2. The molecular weight excluding hydrogens is 254 g/mol. The molecule has 0 bridgehead atoms. The van der Waals surface area contributed by atoms with Gasteiger partial charge in [-0.2, -0.15) is 5.10 Å². The second-order valence-electron chi connectivity index (χ2n) is 4.90. The maximum absolute atomic E-state index is 5.81. The number of hydrogen-bond donors (Lipinski definition) is 2. The Bertz CT molecular complexity index is 714. The minimum Gasteiger partial charge on any atom is -0.381 e. The normalized spacial score (nSPS) is 12.7. The number of nitrogens with one attached hydrogen (secondary N) is 1. The fourth-order valence-electron chi connectivity index (χ4n) is 2.25. The lowest BCUT2D eigenvalue weighted by Crippen LogP contribution is -2.22. The number of fused-ring (bicyclic) bond motifs is 1. The van der Waals surface area contributed by atoms with Crippen molar-refractivity contribution < 1.29 is 0 Å². The third-order valence-corrected chi connectivity index (χ3v) is 3.26. The first-order chi connectivity index (χ1) is 9.63. The lowest BCUT2D eigenvalue weighted by Gasteiger charge is -2.15. The van der Waals surface area contributed by atoms with Gasteiger partial charge < -0.3 is 15.6 Å². The molecule has 1 atom stereocenters. The molecule has 104 valence electrons. The lowest BCUT2D eigenvalue weighted by atomic mass is 10.2. The molecule has 3 rings (SSSR count). The van der Waals surface area contributed by atoms with Crippen LogP contribution in [-0.2, 0) is 13.6 Å². The number of aromatic nitrogens is 5. The summed E-state index contributed by atoms with van der Waals surface area (Å²) in [6, 6.07) is 6.28. The molecule has 2 heterocycles. The average Bonchev–Trinajstić information content (AvgIpc) is 2.99. The van der Waals surface area contributed by atoms with Gasteiger partial charge in [-0.25, -0.2) is 9.97 Å². The molecular formula is C13H17N7. The van der Waals surface area contributed by atoms with Gasteiger partial charge in [0.05, 0.1) is 17.6 Å². The summed E-state index contributed by atoms with van der Waals surface area (Å²) < 4.78 is 3.67. The Hall–Kier alpha value is -2.57. The second-order valence-corrected chi connectivity index (χ2v) is 4.90. The van der Waals surface area contributed by atoms with E-state index in [9.17, 15) is 0 Å². The highest BCUT2D eigenvalue weighted by molar-refractivity contribution is 5.81. The first-order valence-electron chi connectivity index (χ1n) is 6.44. The van der Waals surface area contributed by atoms with Crippen LogP contribution in [-0.4, -0.2) is 30.4 Å². The zero-order chi connectivity index (χ0) is 14.1. The number of imidazole rings is 1. The van der Waals surface area contributed by atoms with Gasteiger partial charge in [-0.1, -0.05) is 0 Å². The van der Waals surface area contributed by atoms with Crippen LogP contribution >= 0.6 is 0 Å². The minimum absolute atomic E-state index is 0.232. The van der Waals surface area contributed by atoms with Gasteiger partial charge in [0.2, 0.25) is 5.95 Å². The van der Waals surface area contributed by atoms with E-state index in [1.54, 1.807) is 11.0 Å². The van der Waals surface area contributed by atoms with Crippen molar-refractivity contribution in [2.24, 2.45) is 7.05 Å². The minimum atomic E-state index is 0.232. The molecule has 0 amide bonds. The van der Waals surface area contributed by atoms with Gasteiger partial charge in [-0.05, 0) is 25.1 Å². The fourth-order valence-corrected chi connectivity index (χ4v) is 2.25. The molecule has 2 aromatic heterocycles. The van der Waals surface area contributed by atoms with Gasteiger partial charge in [-0.3, -0.25) is 4.68 Å². The van der Waals surface area contributed by atoms with E-state index < -0.39 is 0 Å². The van der Waals surface area contributed by atoms with Gasteiger partial charge in [0.1, 0.15) is 12.7 Å². The van der Waals surface area contributed by atoms with Crippen molar-refractivity contribution in [3.05, 3.63) is 30.9 Å². The predicted octanol–water partition coefficient (Wildman–Crippen LogP) is 1.25. The Morgan fingerprint density at radius 3 is 3.00 bits per heavy atom. The number of nitrogen functional groups attached to an aromatic ring is 1. The maximum Gasteiger partial charge on any atom is 0.200 e. The van der Waals surface area contributed by atoms with Crippen LogP contribution in [0.25, 0.3) is 11.0 Å². The van der Waals surface area contributed by atoms with Gasteiger partial charge in [-0.15, -0.1) is 0 Å². The third kappa shape index (κ3) is 2.29. The molecule has 0 aliphatic carbocycles. The quantitative estimate of drug-likeness (QED) is 0.745. The van der Waals surface area contributed by atoms with Crippen LogP contribution in [0.4, 0.5) is 11.6 Å². The number of nitrogens with zero attached hydrogens (tertiary/aromatic N) is 5. The summed E-state index contributed by atoms with van der Waals surface area (Å²) in [4.78, 5) is 8.26. The summed E-state index contributed by atoms with van der Waals surface area (Å²) in [5.41, 5.74) is 8.74. The number of hydrogen-bond acceptors (Lipinski definition) is 5. The smallest absolute Gasteiger partial charge is 0.200 e. The molecule has 0 saturated heterocycles. The van der Waals surface area contributed by atoms with Crippen molar-refractivity contribution in [3.8, 4) is 0 Å². The monoisotopic (exact) mass is 271 g/mol. The summed E-state index contributed by atoms with van der Waals surface area (Å²) >= 11 is 0. The topological polar surface area (TPSA) is 86.6 Å². The van der Waals surface area contributed by atoms with E-state index in [4.69, 9.17) is 5.73 Å². The Morgan fingerprint density at radius 2 is 2.25 bits per heavy atom. The van der Waals surface area contributed by atoms with Crippen LogP contribution in [0.3, 0.4) is 0 Å². The zero-order valence-corrected chi connectivity index (χ0v) is 11.5. The average molecular weight is 271 g/mol. The molecule has 0 aliphatic rings. The van der Waals surface area contributed by atoms with E-state index in [1.165, 1.54) is 6.33 Å². The molecule has 1 unspecified atom stereocenters. The Labute approximate surface area is 116 Å². The fraction of sp³-hybridized carbons (Fsp3) is 0.308. The van der Waals surface area contributed by atoms with E-state index in [2.05, 4.69) is 27.3 Å². The highest BCUT2D eigenvalue weighted by atomic mass is 15.3. The molecule has 0 aliphatic heterocycles. The van der Waals surface area contributed by atoms with E-state index >= 15 is 0 Å². The van der Waals surface area contributed by atoms with Crippen molar-refractivity contribution in [1.29, 1.82) is 0 Å². The molecule has 1 aromatic carbocycles. The van der Waals surface area contributed by atoms with Crippen LogP contribution in [0.2, 0.25) is 0 Å². The Kier molecular flexibility index (Phi) is 3.02. The Morgan fingerprint density at radius 1 is 1.40 bits per heavy atom. The van der Waals surface area contributed by atoms with Crippen molar-refractivity contribution >= 4 is 22.7 Å². The molecule has 20 heavy (non-hydrogen) atoms. The molecule has 3 aromatic rings. The van der Waals surface area contributed by atoms with Crippen LogP contribution in [0.15, 0.2) is 30.9 Å². The van der Waals surface area contributed by atoms with Crippen molar-refractivity contribution in [3.63, 3.8) is 0 Å². The lowest BCUT2D eigenvalue weighted by molar-refractivity contribution is 0.559.